The number of hydrogen-bond donors (Lipinski definition) is 1. The second-order valence-electron chi connectivity index (χ2n) is 4.29. The second-order valence-corrected chi connectivity index (χ2v) is 4.29. The van der Waals surface area contributed by atoms with Crippen molar-refractivity contribution in [3.05, 3.63) is 17.8 Å². The lowest BCUT2D eigenvalue weighted by Gasteiger charge is -2.14. The molecule has 0 bridgehead atoms. The van der Waals surface area contributed by atoms with Crippen molar-refractivity contribution >= 4 is 0 Å². The summed E-state index contributed by atoms with van der Waals surface area (Å²) in [7, 11) is 1.89. The number of rotatable bonds is 6. The fraction of sp³-hybridized carbons (Fsp3) is 0.667. The van der Waals surface area contributed by atoms with Gasteiger partial charge in [0.05, 0.1) is 5.69 Å². The molecule has 1 aromatic heterocycles. The standard InChI is InChI=1S/C12H20N4O/c1-13-10-11-4-5-12(15-14-11)17-9-8-16-6-2-3-7-16/h4-5,13H,2-3,6-10H2,1H3. The van der Waals surface area contributed by atoms with E-state index >= 15 is 0 Å². The first-order chi connectivity index (χ1) is 8.38. The van der Waals surface area contributed by atoms with Gasteiger partial charge in [-0.05, 0) is 39.0 Å². The van der Waals surface area contributed by atoms with E-state index in [0.717, 1.165) is 18.8 Å². The Bertz CT molecular complexity index is 322. The molecule has 1 aromatic rings. The molecule has 2 heterocycles. The zero-order chi connectivity index (χ0) is 11.9. The summed E-state index contributed by atoms with van der Waals surface area (Å²) in [6, 6.07) is 3.82. The van der Waals surface area contributed by atoms with Crippen LogP contribution in [0.4, 0.5) is 0 Å². The minimum Gasteiger partial charge on any atom is -0.475 e. The van der Waals surface area contributed by atoms with Crippen LogP contribution in [0, 0.1) is 0 Å². The maximum atomic E-state index is 5.57. The summed E-state index contributed by atoms with van der Waals surface area (Å²) in [5.41, 5.74) is 0.930. The van der Waals surface area contributed by atoms with Crippen molar-refractivity contribution in [1.29, 1.82) is 0 Å². The van der Waals surface area contributed by atoms with Crippen LogP contribution in [-0.4, -0.2) is 48.4 Å². The van der Waals surface area contributed by atoms with E-state index in [0.29, 0.717) is 12.5 Å². The Balaban J connectivity index is 1.70. The van der Waals surface area contributed by atoms with Crippen molar-refractivity contribution in [3.63, 3.8) is 0 Å². The van der Waals surface area contributed by atoms with Gasteiger partial charge >= 0.3 is 0 Å². The van der Waals surface area contributed by atoms with Crippen LogP contribution < -0.4 is 10.1 Å². The summed E-state index contributed by atoms with van der Waals surface area (Å²) in [5.74, 6) is 0.615. The lowest BCUT2D eigenvalue weighted by atomic mass is 10.4. The summed E-state index contributed by atoms with van der Waals surface area (Å²) in [6.07, 6.45) is 2.64. The molecule has 1 fully saturated rings. The Kier molecular flexibility index (Phi) is 4.70. The highest BCUT2D eigenvalue weighted by molar-refractivity contribution is 5.11. The van der Waals surface area contributed by atoms with Crippen LogP contribution in [0.5, 0.6) is 5.88 Å². The normalized spacial score (nSPS) is 16.3. The maximum Gasteiger partial charge on any atom is 0.233 e. The van der Waals surface area contributed by atoms with Gasteiger partial charge in [0.25, 0.3) is 0 Å². The molecule has 0 atom stereocenters. The van der Waals surface area contributed by atoms with Crippen molar-refractivity contribution in [1.82, 2.24) is 20.4 Å². The number of aromatic nitrogens is 2. The molecule has 2 rings (SSSR count). The number of hydrogen-bond acceptors (Lipinski definition) is 5. The molecule has 0 unspecified atom stereocenters. The van der Waals surface area contributed by atoms with Crippen molar-refractivity contribution in [2.75, 3.05) is 33.3 Å². The maximum absolute atomic E-state index is 5.57. The third kappa shape index (κ3) is 3.94. The largest absolute Gasteiger partial charge is 0.475 e. The van der Waals surface area contributed by atoms with Crippen LogP contribution >= 0.6 is 0 Å². The fourth-order valence-electron chi connectivity index (χ4n) is 1.99. The molecular weight excluding hydrogens is 216 g/mol. The van der Waals surface area contributed by atoms with Gasteiger partial charge in [-0.3, -0.25) is 4.90 Å². The molecule has 94 valence electrons. The molecule has 17 heavy (non-hydrogen) atoms. The summed E-state index contributed by atoms with van der Waals surface area (Å²) in [5, 5.41) is 11.1. The van der Waals surface area contributed by atoms with Gasteiger partial charge in [0, 0.05) is 19.2 Å². The van der Waals surface area contributed by atoms with Crippen LogP contribution in [-0.2, 0) is 6.54 Å². The molecule has 1 saturated heterocycles. The zero-order valence-electron chi connectivity index (χ0n) is 10.4. The quantitative estimate of drug-likeness (QED) is 0.787. The van der Waals surface area contributed by atoms with Crippen LogP contribution in [0.1, 0.15) is 18.5 Å². The third-order valence-electron chi connectivity index (χ3n) is 2.91. The van der Waals surface area contributed by atoms with Crippen LogP contribution in [0.2, 0.25) is 0 Å². The molecule has 0 amide bonds. The monoisotopic (exact) mass is 236 g/mol. The van der Waals surface area contributed by atoms with Crippen LogP contribution in [0.3, 0.4) is 0 Å². The number of likely N-dealkylation sites (tertiary alicyclic amines) is 1. The lowest BCUT2D eigenvalue weighted by molar-refractivity contribution is 0.230. The van der Waals surface area contributed by atoms with E-state index in [1.54, 1.807) is 0 Å². The first-order valence-corrected chi connectivity index (χ1v) is 6.21. The highest BCUT2D eigenvalue weighted by Crippen LogP contribution is 2.08. The summed E-state index contributed by atoms with van der Waals surface area (Å²) in [4.78, 5) is 2.42. The van der Waals surface area contributed by atoms with E-state index in [4.69, 9.17) is 4.74 Å². The summed E-state index contributed by atoms with van der Waals surface area (Å²) in [6.45, 7) is 4.83. The molecule has 1 N–H and O–H groups in total. The van der Waals surface area contributed by atoms with Gasteiger partial charge in [-0.2, -0.15) is 5.10 Å². The highest BCUT2D eigenvalue weighted by Gasteiger charge is 2.10. The first-order valence-electron chi connectivity index (χ1n) is 6.21. The van der Waals surface area contributed by atoms with Gasteiger partial charge in [0.1, 0.15) is 6.61 Å². The number of nitrogens with one attached hydrogen (secondary N) is 1. The molecule has 0 aromatic carbocycles. The molecule has 1 aliphatic heterocycles. The second kappa shape index (κ2) is 6.51. The average Bonchev–Trinajstić information content (AvgIpc) is 2.85. The van der Waals surface area contributed by atoms with Crippen molar-refractivity contribution in [3.8, 4) is 5.88 Å². The molecular formula is C12H20N4O. The average molecular weight is 236 g/mol. The minimum absolute atomic E-state index is 0.615. The van der Waals surface area contributed by atoms with Gasteiger partial charge in [-0.15, -0.1) is 5.10 Å². The topological polar surface area (TPSA) is 50.3 Å². The molecule has 0 aliphatic carbocycles. The van der Waals surface area contributed by atoms with Crippen LogP contribution in [0.15, 0.2) is 12.1 Å². The Hall–Kier alpha value is -1.20. The Labute approximate surface area is 102 Å². The van der Waals surface area contributed by atoms with E-state index in [9.17, 15) is 0 Å². The van der Waals surface area contributed by atoms with E-state index < -0.39 is 0 Å². The Morgan fingerprint density at radius 3 is 2.76 bits per heavy atom. The van der Waals surface area contributed by atoms with Crippen molar-refractivity contribution < 1.29 is 4.74 Å². The first kappa shape index (κ1) is 12.3. The highest BCUT2D eigenvalue weighted by atomic mass is 16.5. The number of nitrogens with zero attached hydrogens (tertiary/aromatic N) is 3. The van der Waals surface area contributed by atoms with Gasteiger partial charge in [0.2, 0.25) is 5.88 Å². The SMILES string of the molecule is CNCc1ccc(OCCN2CCCC2)nn1. The zero-order valence-corrected chi connectivity index (χ0v) is 10.4. The van der Waals surface area contributed by atoms with Gasteiger partial charge in [-0.25, -0.2) is 0 Å². The third-order valence-corrected chi connectivity index (χ3v) is 2.91. The van der Waals surface area contributed by atoms with E-state index in [1.165, 1.54) is 25.9 Å². The van der Waals surface area contributed by atoms with Crippen LogP contribution in [0.25, 0.3) is 0 Å². The van der Waals surface area contributed by atoms with Gasteiger partial charge in [-0.1, -0.05) is 0 Å². The van der Waals surface area contributed by atoms with Crippen molar-refractivity contribution in [2.24, 2.45) is 0 Å². The molecule has 5 heteroatoms. The lowest BCUT2D eigenvalue weighted by Crippen LogP contribution is -2.25. The fourth-order valence-corrected chi connectivity index (χ4v) is 1.99. The Morgan fingerprint density at radius 1 is 1.29 bits per heavy atom. The Morgan fingerprint density at radius 2 is 2.12 bits per heavy atom. The molecule has 5 nitrogen and oxygen atoms in total. The van der Waals surface area contributed by atoms with Gasteiger partial charge in [0.15, 0.2) is 0 Å². The minimum atomic E-state index is 0.615. The predicted octanol–water partition coefficient (Wildman–Crippen LogP) is 0.671. The smallest absolute Gasteiger partial charge is 0.233 e. The number of ether oxygens (including phenoxy) is 1. The molecule has 0 saturated carbocycles. The summed E-state index contributed by atoms with van der Waals surface area (Å²) < 4.78 is 5.57. The van der Waals surface area contributed by atoms with E-state index in [-0.39, 0.29) is 0 Å². The van der Waals surface area contributed by atoms with E-state index in [2.05, 4.69) is 20.4 Å². The molecule has 0 radical (unpaired) electrons. The molecule has 1 aliphatic rings. The van der Waals surface area contributed by atoms with Gasteiger partial charge < -0.3 is 10.1 Å². The van der Waals surface area contributed by atoms with E-state index in [1.807, 2.05) is 19.2 Å². The predicted molar refractivity (Wildman–Crippen MR) is 66.0 cm³/mol. The van der Waals surface area contributed by atoms with Crippen molar-refractivity contribution in [2.45, 2.75) is 19.4 Å². The molecule has 0 spiro atoms. The summed E-state index contributed by atoms with van der Waals surface area (Å²) >= 11 is 0.